The fraction of sp³-hybridized carbons (Fsp3) is 0.273. The van der Waals surface area contributed by atoms with Crippen molar-refractivity contribution in [2.45, 2.75) is 12.1 Å². The van der Waals surface area contributed by atoms with Crippen LogP contribution in [0.5, 0.6) is 0 Å². The van der Waals surface area contributed by atoms with Gasteiger partial charge in [-0.1, -0.05) is 30.3 Å². The van der Waals surface area contributed by atoms with Gasteiger partial charge in [-0.3, -0.25) is 4.79 Å². The molecule has 100 valence electrons. The van der Waals surface area contributed by atoms with Gasteiger partial charge in [-0.2, -0.15) is 12.6 Å². The molecule has 0 saturated carbocycles. The summed E-state index contributed by atoms with van der Waals surface area (Å²) in [5.74, 6) is -2.04. The lowest BCUT2D eigenvalue weighted by Crippen LogP contribution is -2.31. The number of aliphatic hydroxyl groups is 1. The highest BCUT2D eigenvalue weighted by Gasteiger charge is 2.14. The lowest BCUT2D eigenvalue weighted by Gasteiger charge is -2.03. The van der Waals surface area contributed by atoms with Crippen LogP contribution in [0, 0.1) is 0 Å². The topological polar surface area (TPSA) is 121 Å². The molecule has 1 aromatic rings. The molecule has 7 heteroatoms. The lowest BCUT2D eigenvalue weighted by atomic mass is 10.1. The highest BCUT2D eigenvalue weighted by Crippen LogP contribution is 2.10. The number of aliphatic carboxylic acids is 2. The zero-order valence-electron chi connectivity index (χ0n) is 9.43. The molecule has 0 aliphatic heterocycles. The molecule has 1 aromatic carbocycles. The second kappa shape index (κ2) is 8.51. The van der Waals surface area contributed by atoms with Gasteiger partial charge in [-0.15, -0.1) is 0 Å². The summed E-state index contributed by atoms with van der Waals surface area (Å²) in [6, 6.07) is 7.45. The molecule has 0 amide bonds. The number of rotatable bonds is 4. The first-order valence-corrected chi connectivity index (χ1v) is 5.58. The van der Waals surface area contributed by atoms with Gasteiger partial charge in [-0.25, -0.2) is 4.79 Å². The first-order valence-electron chi connectivity index (χ1n) is 4.95. The Hall–Kier alpha value is -1.57. The maximum Gasteiger partial charge on any atom is 0.337 e. The van der Waals surface area contributed by atoms with E-state index in [0.29, 0.717) is 5.56 Å². The molecule has 5 N–H and O–H groups in total. The van der Waals surface area contributed by atoms with Gasteiger partial charge in [0.25, 0.3) is 0 Å². The van der Waals surface area contributed by atoms with Gasteiger partial charge in [0.1, 0.15) is 6.04 Å². The standard InChI is InChI=1S/C8H8O3.C3H7NO2S/c9-7(8(10)11)6-4-2-1-3-5-6;4-2(1-7)3(5)6/h1-5,7,9H,(H,10,11);2,7H,1,4H2,(H,5,6)/t;2-/m.0/s1. The molecule has 0 saturated heterocycles. The van der Waals surface area contributed by atoms with Crippen LogP contribution in [0.3, 0.4) is 0 Å². The average molecular weight is 273 g/mol. The number of carboxylic acids is 2. The van der Waals surface area contributed by atoms with E-state index >= 15 is 0 Å². The third kappa shape index (κ3) is 6.24. The Balaban J connectivity index is 0.000000360. The van der Waals surface area contributed by atoms with Crippen LogP contribution in [0.1, 0.15) is 11.7 Å². The summed E-state index contributed by atoms with van der Waals surface area (Å²) in [5, 5.41) is 25.4. The molecule has 1 unspecified atom stereocenters. The van der Waals surface area contributed by atoms with Crippen LogP contribution in [0.15, 0.2) is 30.3 Å². The Morgan fingerprint density at radius 3 is 1.94 bits per heavy atom. The van der Waals surface area contributed by atoms with E-state index in [-0.39, 0.29) is 5.75 Å². The fourth-order valence-corrected chi connectivity index (χ4v) is 1.01. The summed E-state index contributed by atoms with van der Waals surface area (Å²) in [5.41, 5.74) is 5.34. The smallest absolute Gasteiger partial charge is 0.337 e. The molecule has 1 rings (SSSR count). The predicted molar refractivity (Wildman–Crippen MR) is 68.5 cm³/mol. The SMILES string of the molecule is N[C@@H](CS)C(=O)O.O=C(O)C(O)c1ccccc1. The molecule has 0 aromatic heterocycles. The van der Waals surface area contributed by atoms with Crippen LogP contribution >= 0.6 is 12.6 Å². The number of nitrogens with two attached hydrogens (primary N) is 1. The highest BCUT2D eigenvalue weighted by molar-refractivity contribution is 7.80. The van der Waals surface area contributed by atoms with Crippen molar-refractivity contribution in [2.75, 3.05) is 5.75 Å². The largest absolute Gasteiger partial charge is 0.480 e. The normalized spacial score (nSPS) is 12.8. The molecule has 2 atom stereocenters. The molecule has 0 spiro atoms. The minimum absolute atomic E-state index is 0.190. The van der Waals surface area contributed by atoms with Crippen molar-refractivity contribution in [2.24, 2.45) is 5.73 Å². The fourth-order valence-electron chi connectivity index (χ4n) is 0.856. The van der Waals surface area contributed by atoms with Gasteiger partial charge >= 0.3 is 11.9 Å². The molecular formula is C11H15NO5S. The summed E-state index contributed by atoms with van der Waals surface area (Å²) >= 11 is 3.65. The third-order valence-corrected chi connectivity index (χ3v) is 2.26. The molecular weight excluding hydrogens is 258 g/mol. The number of carbonyl (C=O) groups is 2. The van der Waals surface area contributed by atoms with E-state index in [0.717, 1.165) is 0 Å². The summed E-state index contributed by atoms with van der Waals surface area (Å²) in [6.45, 7) is 0. The quantitative estimate of drug-likeness (QED) is 0.497. The Morgan fingerprint density at radius 1 is 1.17 bits per heavy atom. The van der Waals surface area contributed by atoms with E-state index in [2.05, 4.69) is 12.6 Å². The van der Waals surface area contributed by atoms with E-state index < -0.39 is 24.1 Å². The highest BCUT2D eigenvalue weighted by atomic mass is 32.1. The van der Waals surface area contributed by atoms with Gasteiger partial charge < -0.3 is 21.1 Å². The number of carboxylic acid groups (broad SMARTS) is 2. The Bertz CT molecular complexity index is 384. The van der Waals surface area contributed by atoms with E-state index in [9.17, 15) is 9.59 Å². The monoisotopic (exact) mass is 273 g/mol. The minimum Gasteiger partial charge on any atom is -0.480 e. The van der Waals surface area contributed by atoms with E-state index in [1.54, 1.807) is 30.3 Å². The number of hydrogen-bond acceptors (Lipinski definition) is 5. The summed E-state index contributed by atoms with van der Waals surface area (Å²) in [4.78, 5) is 20.0. The summed E-state index contributed by atoms with van der Waals surface area (Å²) < 4.78 is 0. The lowest BCUT2D eigenvalue weighted by molar-refractivity contribution is -0.147. The second-order valence-electron chi connectivity index (χ2n) is 3.28. The van der Waals surface area contributed by atoms with Gasteiger partial charge in [0.15, 0.2) is 6.10 Å². The van der Waals surface area contributed by atoms with Crippen LogP contribution in [0.4, 0.5) is 0 Å². The summed E-state index contributed by atoms with van der Waals surface area (Å²) in [7, 11) is 0. The van der Waals surface area contributed by atoms with Crippen molar-refractivity contribution < 1.29 is 24.9 Å². The van der Waals surface area contributed by atoms with Crippen LogP contribution < -0.4 is 5.73 Å². The maximum atomic E-state index is 10.2. The molecule has 0 aliphatic rings. The minimum atomic E-state index is -1.41. The number of aliphatic hydroxyl groups excluding tert-OH is 1. The van der Waals surface area contributed by atoms with E-state index in [1.165, 1.54) is 0 Å². The second-order valence-corrected chi connectivity index (χ2v) is 3.64. The zero-order chi connectivity index (χ0) is 14.1. The first-order chi connectivity index (χ1) is 8.40. The van der Waals surface area contributed by atoms with Crippen LogP contribution in [-0.2, 0) is 9.59 Å². The van der Waals surface area contributed by atoms with Crippen molar-refractivity contribution in [3.8, 4) is 0 Å². The van der Waals surface area contributed by atoms with Gasteiger partial charge in [0.05, 0.1) is 0 Å². The van der Waals surface area contributed by atoms with Crippen LogP contribution in [0.2, 0.25) is 0 Å². The van der Waals surface area contributed by atoms with Crippen molar-refractivity contribution >= 4 is 24.6 Å². The van der Waals surface area contributed by atoms with Crippen molar-refractivity contribution in [1.29, 1.82) is 0 Å². The van der Waals surface area contributed by atoms with Gasteiger partial charge in [-0.05, 0) is 5.56 Å². The van der Waals surface area contributed by atoms with E-state index in [1.807, 2.05) is 0 Å². The number of benzene rings is 1. The van der Waals surface area contributed by atoms with Crippen LogP contribution in [0.25, 0.3) is 0 Å². The predicted octanol–water partition coefficient (Wildman–Crippen LogP) is 0.133. The molecule has 6 nitrogen and oxygen atoms in total. The Morgan fingerprint density at radius 2 is 1.67 bits per heavy atom. The maximum absolute atomic E-state index is 10.2. The van der Waals surface area contributed by atoms with Crippen LogP contribution in [-0.4, -0.2) is 39.1 Å². The van der Waals surface area contributed by atoms with Crippen molar-refractivity contribution in [1.82, 2.24) is 0 Å². The number of thiol groups is 1. The average Bonchev–Trinajstić information content (AvgIpc) is 2.38. The number of hydrogen-bond donors (Lipinski definition) is 5. The van der Waals surface area contributed by atoms with Crippen molar-refractivity contribution in [3.05, 3.63) is 35.9 Å². The molecule has 0 bridgehead atoms. The molecule has 0 heterocycles. The summed E-state index contributed by atoms with van der Waals surface area (Å²) in [6.07, 6.45) is -1.41. The molecule has 0 fully saturated rings. The zero-order valence-corrected chi connectivity index (χ0v) is 10.3. The molecule has 0 aliphatic carbocycles. The Kier molecular flexibility index (Phi) is 7.77. The molecule has 18 heavy (non-hydrogen) atoms. The van der Waals surface area contributed by atoms with Gasteiger partial charge in [0.2, 0.25) is 0 Å². The first kappa shape index (κ1) is 16.4. The molecule has 0 radical (unpaired) electrons. The van der Waals surface area contributed by atoms with Crippen molar-refractivity contribution in [3.63, 3.8) is 0 Å². The third-order valence-electron chi connectivity index (χ3n) is 1.86. The van der Waals surface area contributed by atoms with Gasteiger partial charge in [0, 0.05) is 5.75 Å². The van der Waals surface area contributed by atoms with E-state index in [4.69, 9.17) is 21.1 Å². The Labute approximate surface area is 109 Å².